The van der Waals surface area contributed by atoms with E-state index in [1.165, 1.54) is 25.9 Å². The zero-order valence-corrected chi connectivity index (χ0v) is 12.5. The molecule has 1 saturated heterocycles. The third kappa shape index (κ3) is 4.19. The van der Waals surface area contributed by atoms with Crippen LogP contribution in [0.4, 0.5) is 11.9 Å². The standard InChI is InChI=1S/C13H24N6O/c1-9(2)20-13-17-11(14)16-12(18-13)15-8-10(3)19-6-4-5-7-19/h9-10H,4-8H2,1-3H3,(H3,14,15,16,17,18). The number of hydrogen-bond acceptors (Lipinski definition) is 7. The Morgan fingerprint density at radius 3 is 2.55 bits per heavy atom. The van der Waals surface area contributed by atoms with Crippen LogP contribution in [-0.2, 0) is 0 Å². The average Bonchev–Trinajstić information content (AvgIpc) is 2.88. The summed E-state index contributed by atoms with van der Waals surface area (Å²) >= 11 is 0. The fraction of sp³-hybridized carbons (Fsp3) is 0.769. The summed E-state index contributed by atoms with van der Waals surface area (Å²) in [6.07, 6.45) is 2.58. The first-order valence-electron chi connectivity index (χ1n) is 7.20. The van der Waals surface area contributed by atoms with Gasteiger partial charge in [0.1, 0.15) is 0 Å². The molecule has 20 heavy (non-hydrogen) atoms. The van der Waals surface area contributed by atoms with Crippen molar-refractivity contribution in [2.24, 2.45) is 0 Å². The van der Waals surface area contributed by atoms with Gasteiger partial charge in [-0.2, -0.15) is 15.0 Å². The van der Waals surface area contributed by atoms with E-state index in [1.54, 1.807) is 0 Å². The van der Waals surface area contributed by atoms with Crippen LogP contribution in [-0.4, -0.2) is 51.6 Å². The van der Waals surface area contributed by atoms with Gasteiger partial charge in [0.05, 0.1) is 6.10 Å². The van der Waals surface area contributed by atoms with E-state index in [4.69, 9.17) is 10.5 Å². The third-order valence-electron chi connectivity index (χ3n) is 3.29. The number of rotatable bonds is 6. The van der Waals surface area contributed by atoms with E-state index in [0.29, 0.717) is 12.0 Å². The Morgan fingerprint density at radius 2 is 1.90 bits per heavy atom. The Morgan fingerprint density at radius 1 is 1.20 bits per heavy atom. The van der Waals surface area contributed by atoms with Crippen molar-refractivity contribution < 1.29 is 4.74 Å². The van der Waals surface area contributed by atoms with Crippen LogP contribution in [0.15, 0.2) is 0 Å². The van der Waals surface area contributed by atoms with Crippen LogP contribution in [0.2, 0.25) is 0 Å². The fourth-order valence-corrected chi connectivity index (χ4v) is 2.27. The molecule has 2 heterocycles. The van der Waals surface area contributed by atoms with Gasteiger partial charge in [0.25, 0.3) is 0 Å². The monoisotopic (exact) mass is 280 g/mol. The van der Waals surface area contributed by atoms with E-state index in [1.807, 2.05) is 13.8 Å². The summed E-state index contributed by atoms with van der Waals surface area (Å²) in [5.74, 6) is 0.645. The fourth-order valence-electron chi connectivity index (χ4n) is 2.27. The summed E-state index contributed by atoms with van der Waals surface area (Å²) in [5.41, 5.74) is 5.67. The van der Waals surface area contributed by atoms with Gasteiger partial charge in [0.15, 0.2) is 0 Å². The Hall–Kier alpha value is -1.63. The lowest BCUT2D eigenvalue weighted by Gasteiger charge is -2.23. The first kappa shape index (κ1) is 14.8. The zero-order chi connectivity index (χ0) is 14.5. The van der Waals surface area contributed by atoms with Crippen molar-refractivity contribution >= 4 is 11.9 Å². The largest absolute Gasteiger partial charge is 0.461 e. The van der Waals surface area contributed by atoms with Gasteiger partial charge in [-0.25, -0.2) is 0 Å². The average molecular weight is 280 g/mol. The minimum absolute atomic E-state index is 0.00757. The van der Waals surface area contributed by atoms with Gasteiger partial charge >= 0.3 is 6.01 Å². The highest BCUT2D eigenvalue weighted by Gasteiger charge is 2.18. The van der Waals surface area contributed by atoms with Gasteiger partial charge in [0.2, 0.25) is 11.9 Å². The van der Waals surface area contributed by atoms with Crippen LogP contribution >= 0.6 is 0 Å². The van der Waals surface area contributed by atoms with E-state index >= 15 is 0 Å². The first-order chi connectivity index (χ1) is 9.54. The van der Waals surface area contributed by atoms with Crippen LogP contribution in [0.3, 0.4) is 0 Å². The Bertz CT molecular complexity index is 433. The van der Waals surface area contributed by atoms with Crippen LogP contribution in [0.25, 0.3) is 0 Å². The lowest BCUT2D eigenvalue weighted by molar-refractivity contribution is 0.222. The quantitative estimate of drug-likeness (QED) is 0.807. The SMILES string of the molecule is CC(C)Oc1nc(N)nc(NCC(C)N2CCCC2)n1. The van der Waals surface area contributed by atoms with E-state index in [-0.39, 0.29) is 18.1 Å². The van der Waals surface area contributed by atoms with Crippen LogP contribution in [0.5, 0.6) is 6.01 Å². The van der Waals surface area contributed by atoms with Crippen molar-refractivity contribution in [3.05, 3.63) is 0 Å². The number of likely N-dealkylation sites (tertiary alicyclic amines) is 1. The molecular weight excluding hydrogens is 256 g/mol. The molecule has 0 spiro atoms. The molecule has 1 aliphatic rings. The number of nitrogens with zero attached hydrogens (tertiary/aromatic N) is 4. The molecule has 0 aromatic carbocycles. The predicted octanol–water partition coefficient (Wildman–Crippen LogP) is 1.14. The molecule has 1 aliphatic heterocycles. The molecule has 2 rings (SSSR count). The molecule has 7 heteroatoms. The van der Waals surface area contributed by atoms with Crippen molar-refractivity contribution in [3.63, 3.8) is 0 Å². The van der Waals surface area contributed by atoms with E-state index < -0.39 is 0 Å². The molecule has 3 N–H and O–H groups in total. The van der Waals surface area contributed by atoms with Crippen LogP contribution in [0, 0.1) is 0 Å². The molecule has 0 saturated carbocycles. The second-order valence-electron chi connectivity index (χ2n) is 5.44. The normalized spacial score (nSPS) is 17.4. The molecule has 112 valence electrons. The third-order valence-corrected chi connectivity index (χ3v) is 3.29. The molecule has 1 aromatic rings. The van der Waals surface area contributed by atoms with E-state index in [9.17, 15) is 0 Å². The number of nitrogens with two attached hydrogens (primary N) is 1. The van der Waals surface area contributed by atoms with Gasteiger partial charge < -0.3 is 15.8 Å². The number of ether oxygens (including phenoxy) is 1. The number of anilines is 2. The minimum Gasteiger partial charge on any atom is -0.461 e. The lowest BCUT2D eigenvalue weighted by Crippen LogP contribution is -2.35. The number of hydrogen-bond donors (Lipinski definition) is 2. The van der Waals surface area contributed by atoms with E-state index in [2.05, 4.69) is 32.1 Å². The molecular formula is C13H24N6O. The predicted molar refractivity (Wildman–Crippen MR) is 78.8 cm³/mol. The van der Waals surface area contributed by atoms with Crippen molar-refractivity contribution in [1.82, 2.24) is 19.9 Å². The Labute approximate surface area is 119 Å². The van der Waals surface area contributed by atoms with E-state index in [0.717, 1.165) is 6.54 Å². The summed E-state index contributed by atoms with van der Waals surface area (Å²) in [5, 5.41) is 3.21. The van der Waals surface area contributed by atoms with Crippen molar-refractivity contribution in [1.29, 1.82) is 0 Å². The Balaban J connectivity index is 1.92. The number of nitrogens with one attached hydrogen (secondary N) is 1. The molecule has 1 atom stereocenters. The smallest absolute Gasteiger partial charge is 0.323 e. The summed E-state index contributed by atoms with van der Waals surface area (Å²) in [6, 6.07) is 0.716. The maximum absolute atomic E-state index is 5.67. The zero-order valence-electron chi connectivity index (χ0n) is 12.5. The van der Waals surface area contributed by atoms with Crippen LogP contribution in [0.1, 0.15) is 33.6 Å². The lowest BCUT2D eigenvalue weighted by atomic mass is 10.3. The van der Waals surface area contributed by atoms with Gasteiger partial charge in [-0.15, -0.1) is 0 Å². The first-order valence-corrected chi connectivity index (χ1v) is 7.20. The maximum atomic E-state index is 5.67. The summed E-state index contributed by atoms with van der Waals surface area (Å²) in [7, 11) is 0. The van der Waals surface area contributed by atoms with Crippen LogP contribution < -0.4 is 15.8 Å². The summed E-state index contributed by atoms with van der Waals surface area (Å²) in [4.78, 5) is 14.7. The van der Waals surface area contributed by atoms with Crippen molar-refractivity contribution in [2.45, 2.75) is 45.8 Å². The second kappa shape index (κ2) is 6.69. The van der Waals surface area contributed by atoms with Gasteiger partial charge in [-0.1, -0.05) is 0 Å². The molecule has 1 fully saturated rings. The number of aromatic nitrogens is 3. The molecule has 1 aromatic heterocycles. The molecule has 1 unspecified atom stereocenters. The van der Waals surface area contributed by atoms with Gasteiger partial charge in [-0.3, -0.25) is 4.90 Å². The molecule has 0 bridgehead atoms. The van der Waals surface area contributed by atoms with Gasteiger partial charge in [0, 0.05) is 12.6 Å². The highest BCUT2D eigenvalue weighted by atomic mass is 16.5. The molecule has 0 radical (unpaired) electrons. The highest BCUT2D eigenvalue weighted by Crippen LogP contribution is 2.13. The molecule has 0 aliphatic carbocycles. The summed E-state index contributed by atoms with van der Waals surface area (Å²) in [6.45, 7) is 9.16. The highest BCUT2D eigenvalue weighted by molar-refractivity contribution is 5.32. The maximum Gasteiger partial charge on any atom is 0.323 e. The number of nitrogen functional groups attached to an aromatic ring is 1. The molecule has 0 amide bonds. The second-order valence-corrected chi connectivity index (χ2v) is 5.44. The Kier molecular flexibility index (Phi) is 4.94. The molecule has 7 nitrogen and oxygen atoms in total. The van der Waals surface area contributed by atoms with Crippen molar-refractivity contribution in [3.8, 4) is 6.01 Å². The summed E-state index contributed by atoms with van der Waals surface area (Å²) < 4.78 is 5.45. The van der Waals surface area contributed by atoms with Crippen molar-refractivity contribution in [2.75, 3.05) is 30.7 Å². The van der Waals surface area contributed by atoms with Gasteiger partial charge in [-0.05, 0) is 46.7 Å². The minimum atomic E-state index is 0.00757. The topological polar surface area (TPSA) is 89.2 Å².